The van der Waals surface area contributed by atoms with Gasteiger partial charge in [0.1, 0.15) is 0 Å². The molecule has 0 aromatic carbocycles. The molecule has 72 valence electrons. The van der Waals surface area contributed by atoms with Crippen molar-refractivity contribution in [1.82, 2.24) is 5.32 Å². The first-order valence-electron chi connectivity index (χ1n) is 4.22. The number of amides is 1. The van der Waals surface area contributed by atoms with Crippen LogP contribution in [0, 0.1) is 0 Å². The predicted octanol–water partition coefficient (Wildman–Crippen LogP) is 2.69. The van der Waals surface area contributed by atoms with Gasteiger partial charge in [-0.05, 0) is 28.7 Å². The van der Waals surface area contributed by atoms with Crippen molar-refractivity contribution in [2.45, 2.75) is 12.8 Å². The number of halogens is 1. The summed E-state index contributed by atoms with van der Waals surface area (Å²) >= 11 is 3.83. The van der Waals surface area contributed by atoms with Crippen LogP contribution >= 0.6 is 33.9 Å². The van der Waals surface area contributed by atoms with Gasteiger partial charge in [-0.15, -0.1) is 11.3 Å². The highest BCUT2D eigenvalue weighted by atomic mass is 127. The van der Waals surface area contributed by atoms with Crippen LogP contribution in [0.1, 0.15) is 22.5 Å². The highest BCUT2D eigenvalue weighted by molar-refractivity contribution is 14.1. The molecule has 0 bridgehead atoms. The van der Waals surface area contributed by atoms with Crippen LogP contribution in [-0.4, -0.2) is 16.9 Å². The lowest BCUT2D eigenvalue weighted by Crippen LogP contribution is -2.23. The minimum Gasteiger partial charge on any atom is -0.351 e. The maximum absolute atomic E-state index is 11.4. The fraction of sp³-hybridized carbons (Fsp3) is 0.444. The summed E-state index contributed by atoms with van der Waals surface area (Å²) in [6.07, 6.45) is 2.24. The summed E-state index contributed by atoms with van der Waals surface area (Å²) in [5.74, 6) is 0.0588. The lowest BCUT2D eigenvalue weighted by atomic mass is 10.3. The maximum atomic E-state index is 11.4. The number of carbonyl (C=O) groups excluding carboxylic acids is 1. The molecule has 0 unspecified atom stereocenters. The number of hydrogen-bond donors (Lipinski definition) is 1. The van der Waals surface area contributed by atoms with E-state index in [9.17, 15) is 4.79 Å². The average molecular weight is 309 g/mol. The number of unbranched alkanes of at least 4 members (excludes halogenated alkanes) is 1. The topological polar surface area (TPSA) is 29.1 Å². The number of thiophene rings is 1. The fourth-order valence-electron chi connectivity index (χ4n) is 0.916. The molecule has 0 aliphatic heterocycles. The number of alkyl halides is 1. The van der Waals surface area contributed by atoms with E-state index in [2.05, 4.69) is 27.9 Å². The van der Waals surface area contributed by atoms with Crippen molar-refractivity contribution in [1.29, 1.82) is 0 Å². The summed E-state index contributed by atoms with van der Waals surface area (Å²) in [7, 11) is 0. The standard InChI is InChI=1S/C9H12INOS/c10-5-1-2-6-11-9(12)8-4-3-7-13-8/h3-4,7H,1-2,5-6H2,(H,11,12). The Balaban J connectivity index is 2.19. The van der Waals surface area contributed by atoms with Gasteiger partial charge in [0.25, 0.3) is 5.91 Å². The lowest BCUT2D eigenvalue weighted by Gasteiger charge is -2.01. The van der Waals surface area contributed by atoms with Crippen LogP contribution in [0.25, 0.3) is 0 Å². The van der Waals surface area contributed by atoms with E-state index in [0.29, 0.717) is 0 Å². The maximum Gasteiger partial charge on any atom is 0.261 e. The largest absolute Gasteiger partial charge is 0.351 e. The third-order valence-electron chi connectivity index (χ3n) is 1.59. The molecule has 0 aliphatic rings. The van der Waals surface area contributed by atoms with Crippen LogP contribution in [0.5, 0.6) is 0 Å². The number of hydrogen-bond acceptors (Lipinski definition) is 2. The zero-order chi connectivity index (χ0) is 9.52. The molecule has 1 N–H and O–H groups in total. The molecule has 1 rings (SSSR count). The molecular weight excluding hydrogens is 297 g/mol. The summed E-state index contributed by atoms with van der Waals surface area (Å²) in [6.45, 7) is 0.791. The quantitative estimate of drug-likeness (QED) is 0.506. The van der Waals surface area contributed by atoms with E-state index in [1.165, 1.54) is 17.8 Å². The fourth-order valence-corrected chi connectivity index (χ4v) is 2.10. The van der Waals surface area contributed by atoms with Crippen molar-refractivity contribution in [2.24, 2.45) is 0 Å². The van der Waals surface area contributed by atoms with Gasteiger partial charge in [0, 0.05) is 6.54 Å². The summed E-state index contributed by atoms with van der Waals surface area (Å²) in [4.78, 5) is 12.2. The Hall–Kier alpha value is -0.100. The zero-order valence-electron chi connectivity index (χ0n) is 7.25. The molecule has 1 aromatic heterocycles. The lowest BCUT2D eigenvalue weighted by molar-refractivity contribution is 0.0957. The smallest absolute Gasteiger partial charge is 0.261 e. The minimum atomic E-state index is 0.0588. The molecule has 13 heavy (non-hydrogen) atoms. The Morgan fingerprint density at radius 3 is 3.00 bits per heavy atom. The highest BCUT2D eigenvalue weighted by Gasteiger charge is 2.03. The second-order valence-electron chi connectivity index (χ2n) is 2.63. The Kier molecular flexibility index (Phi) is 5.38. The van der Waals surface area contributed by atoms with Crippen molar-refractivity contribution in [3.63, 3.8) is 0 Å². The zero-order valence-corrected chi connectivity index (χ0v) is 10.2. The van der Waals surface area contributed by atoms with Gasteiger partial charge >= 0.3 is 0 Å². The van der Waals surface area contributed by atoms with Crippen LogP contribution in [0.15, 0.2) is 17.5 Å². The van der Waals surface area contributed by atoms with Gasteiger partial charge in [0.2, 0.25) is 0 Å². The number of carbonyl (C=O) groups is 1. The molecular formula is C9H12INOS. The van der Waals surface area contributed by atoms with E-state index in [0.717, 1.165) is 22.3 Å². The molecule has 0 atom stereocenters. The molecule has 0 saturated carbocycles. The monoisotopic (exact) mass is 309 g/mol. The molecule has 0 fully saturated rings. The van der Waals surface area contributed by atoms with Gasteiger partial charge in [-0.1, -0.05) is 28.7 Å². The first kappa shape index (κ1) is 11.0. The first-order valence-corrected chi connectivity index (χ1v) is 6.63. The van der Waals surface area contributed by atoms with Crippen LogP contribution in [-0.2, 0) is 0 Å². The van der Waals surface area contributed by atoms with E-state index >= 15 is 0 Å². The van der Waals surface area contributed by atoms with E-state index in [-0.39, 0.29) is 5.91 Å². The van der Waals surface area contributed by atoms with E-state index < -0.39 is 0 Å². The van der Waals surface area contributed by atoms with Crippen LogP contribution in [0.2, 0.25) is 0 Å². The molecule has 1 amide bonds. The van der Waals surface area contributed by atoms with E-state index in [1.54, 1.807) is 0 Å². The predicted molar refractivity (Wildman–Crippen MR) is 64.8 cm³/mol. The van der Waals surface area contributed by atoms with Gasteiger partial charge < -0.3 is 5.32 Å². The van der Waals surface area contributed by atoms with Crippen molar-refractivity contribution in [2.75, 3.05) is 11.0 Å². The van der Waals surface area contributed by atoms with Gasteiger partial charge in [0.15, 0.2) is 0 Å². The van der Waals surface area contributed by atoms with Gasteiger partial charge in [-0.3, -0.25) is 4.79 Å². The van der Waals surface area contributed by atoms with Crippen LogP contribution in [0.4, 0.5) is 0 Å². The molecule has 2 nitrogen and oxygen atoms in total. The average Bonchev–Trinajstić information content (AvgIpc) is 2.65. The van der Waals surface area contributed by atoms with Crippen LogP contribution < -0.4 is 5.32 Å². The molecule has 0 aliphatic carbocycles. The normalized spacial score (nSPS) is 9.92. The Labute approximate surface area is 95.9 Å². The summed E-state index contributed by atoms with van der Waals surface area (Å²) in [5, 5.41) is 4.80. The molecule has 1 heterocycles. The van der Waals surface area contributed by atoms with Crippen molar-refractivity contribution < 1.29 is 4.79 Å². The minimum absolute atomic E-state index is 0.0588. The third-order valence-corrected chi connectivity index (χ3v) is 3.22. The van der Waals surface area contributed by atoms with Crippen molar-refractivity contribution in [3.8, 4) is 0 Å². The van der Waals surface area contributed by atoms with Crippen LogP contribution in [0.3, 0.4) is 0 Å². The molecule has 0 spiro atoms. The van der Waals surface area contributed by atoms with Crippen molar-refractivity contribution in [3.05, 3.63) is 22.4 Å². The molecule has 4 heteroatoms. The van der Waals surface area contributed by atoms with Gasteiger partial charge in [-0.25, -0.2) is 0 Å². The number of nitrogens with one attached hydrogen (secondary N) is 1. The summed E-state index contributed by atoms with van der Waals surface area (Å²) in [6, 6.07) is 3.74. The van der Waals surface area contributed by atoms with Gasteiger partial charge in [0.05, 0.1) is 4.88 Å². The summed E-state index contributed by atoms with van der Waals surface area (Å²) < 4.78 is 1.16. The first-order chi connectivity index (χ1) is 6.34. The highest BCUT2D eigenvalue weighted by Crippen LogP contribution is 2.07. The SMILES string of the molecule is O=C(NCCCCI)c1cccs1. The number of rotatable bonds is 5. The second kappa shape index (κ2) is 6.37. The molecule has 1 aromatic rings. The van der Waals surface area contributed by atoms with E-state index in [4.69, 9.17) is 0 Å². The Morgan fingerprint density at radius 2 is 2.38 bits per heavy atom. The Morgan fingerprint density at radius 1 is 1.54 bits per heavy atom. The second-order valence-corrected chi connectivity index (χ2v) is 4.66. The third kappa shape index (κ3) is 4.08. The summed E-state index contributed by atoms with van der Waals surface area (Å²) in [5.41, 5.74) is 0. The molecule has 0 radical (unpaired) electrons. The van der Waals surface area contributed by atoms with Crippen molar-refractivity contribution >= 4 is 39.8 Å². The van der Waals surface area contributed by atoms with Gasteiger partial charge in [-0.2, -0.15) is 0 Å². The molecule has 0 saturated heterocycles. The van der Waals surface area contributed by atoms with E-state index in [1.807, 2.05) is 17.5 Å². The Bertz CT molecular complexity index is 248.